The fourth-order valence-electron chi connectivity index (χ4n) is 4.69. The summed E-state index contributed by atoms with van der Waals surface area (Å²) in [5.41, 5.74) is 4.86. The number of hydrogen-bond donors (Lipinski definition) is 0. The molecule has 1 amide bonds. The monoisotopic (exact) mass is 468 g/mol. The Labute approximate surface area is 204 Å². The lowest BCUT2D eigenvalue weighted by Gasteiger charge is -2.32. The number of carbonyl (C=O) groups is 2. The number of piperazine rings is 1. The van der Waals surface area contributed by atoms with Crippen molar-refractivity contribution in [3.63, 3.8) is 0 Å². The molecule has 1 saturated heterocycles. The van der Waals surface area contributed by atoms with Crippen LogP contribution in [0.25, 0.3) is 33.4 Å². The molecular weight excluding hydrogens is 440 g/mol. The third-order valence-electron chi connectivity index (χ3n) is 6.58. The van der Waals surface area contributed by atoms with Gasteiger partial charge in [-0.05, 0) is 24.2 Å². The summed E-state index contributed by atoms with van der Waals surface area (Å²) in [5, 5.41) is 0.809. The molecule has 0 bridgehead atoms. The first-order valence-corrected chi connectivity index (χ1v) is 11.7. The van der Waals surface area contributed by atoms with Crippen LogP contribution in [-0.4, -0.2) is 71.6 Å². The first kappa shape index (κ1) is 22.8. The zero-order valence-corrected chi connectivity index (χ0v) is 20.0. The molecule has 0 unspecified atom stereocenters. The van der Waals surface area contributed by atoms with Crippen molar-refractivity contribution in [2.45, 2.75) is 6.54 Å². The van der Waals surface area contributed by atoms with Gasteiger partial charge in [-0.25, -0.2) is 9.78 Å². The highest BCUT2D eigenvalue weighted by atomic mass is 16.5. The molecule has 7 nitrogen and oxygen atoms in total. The van der Waals surface area contributed by atoms with Gasteiger partial charge in [0.05, 0.1) is 18.4 Å². The van der Waals surface area contributed by atoms with Crippen LogP contribution in [0, 0.1) is 0 Å². The Bertz CT molecular complexity index is 1360. The van der Waals surface area contributed by atoms with Gasteiger partial charge >= 0.3 is 5.97 Å². The van der Waals surface area contributed by atoms with E-state index in [0.717, 1.165) is 40.9 Å². The van der Waals surface area contributed by atoms with E-state index >= 15 is 0 Å². The number of likely N-dealkylation sites (N-methyl/N-ethyl adjacent to an activating group) is 1. The van der Waals surface area contributed by atoms with Crippen LogP contribution >= 0.6 is 0 Å². The number of ether oxygens (including phenoxy) is 1. The summed E-state index contributed by atoms with van der Waals surface area (Å²) in [6.45, 7) is 3.31. The van der Waals surface area contributed by atoms with Crippen molar-refractivity contribution >= 4 is 22.9 Å². The lowest BCUT2D eigenvalue weighted by molar-refractivity contribution is -0.133. The van der Waals surface area contributed by atoms with Gasteiger partial charge in [0, 0.05) is 43.3 Å². The average molecular weight is 469 g/mol. The highest BCUT2D eigenvalue weighted by Gasteiger charge is 2.26. The summed E-state index contributed by atoms with van der Waals surface area (Å²) in [6.07, 6.45) is 1.52. The third-order valence-corrected chi connectivity index (χ3v) is 6.58. The van der Waals surface area contributed by atoms with Crippen LogP contribution in [0.3, 0.4) is 0 Å². The van der Waals surface area contributed by atoms with Crippen LogP contribution in [0.4, 0.5) is 0 Å². The normalized spacial score (nSPS) is 14.3. The van der Waals surface area contributed by atoms with Gasteiger partial charge < -0.3 is 19.1 Å². The van der Waals surface area contributed by atoms with Crippen LogP contribution in [0.5, 0.6) is 0 Å². The highest BCUT2D eigenvalue weighted by Crippen LogP contribution is 2.40. The fourth-order valence-corrected chi connectivity index (χ4v) is 4.69. The maximum Gasteiger partial charge on any atom is 0.339 e. The Kier molecular flexibility index (Phi) is 6.33. The molecule has 4 aromatic rings. The second kappa shape index (κ2) is 9.72. The number of fused-ring (bicyclic) bond motifs is 1. The Hall–Kier alpha value is -3.97. The maximum atomic E-state index is 13.5. The van der Waals surface area contributed by atoms with Crippen LogP contribution in [-0.2, 0) is 16.1 Å². The van der Waals surface area contributed by atoms with Crippen molar-refractivity contribution in [2.75, 3.05) is 40.3 Å². The molecule has 0 saturated carbocycles. The number of pyridine rings is 1. The Morgan fingerprint density at radius 3 is 2.17 bits per heavy atom. The topological polar surface area (TPSA) is 67.7 Å². The van der Waals surface area contributed by atoms with E-state index in [-0.39, 0.29) is 12.5 Å². The van der Waals surface area contributed by atoms with Crippen LogP contribution in [0.15, 0.2) is 72.9 Å². The molecule has 178 valence electrons. The first-order chi connectivity index (χ1) is 17.1. The van der Waals surface area contributed by atoms with Crippen LogP contribution in [0.2, 0.25) is 0 Å². The van der Waals surface area contributed by atoms with E-state index in [0.29, 0.717) is 24.3 Å². The minimum atomic E-state index is -0.444. The maximum absolute atomic E-state index is 13.5. The summed E-state index contributed by atoms with van der Waals surface area (Å²) in [4.78, 5) is 34.6. The molecule has 7 heteroatoms. The highest BCUT2D eigenvalue weighted by molar-refractivity contribution is 6.06. The number of hydrogen-bond acceptors (Lipinski definition) is 5. The number of carbonyl (C=O) groups excluding carboxylic acids is 2. The summed E-state index contributed by atoms with van der Waals surface area (Å²) >= 11 is 0. The summed E-state index contributed by atoms with van der Waals surface area (Å²) in [5.74, 6) is -0.383. The van der Waals surface area contributed by atoms with Gasteiger partial charge in [-0.1, -0.05) is 60.7 Å². The number of aromatic nitrogens is 2. The van der Waals surface area contributed by atoms with Crippen molar-refractivity contribution in [1.82, 2.24) is 19.4 Å². The number of nitrogens with zero attached hydrogens (tertiary/aromatic N) is 4. The number of rotatable bonds is 5. The molecule has 1 aliphatic heterocycles. The van der Waals surface area contributed by atoms with E-state index in [1.54, 1.807) is 0 Å². The second-order valence-corrected chi connectivity index (χ2v) is 8.81. The number of benzene rings is 2. The quantitative estimate of drug-likeness (QED) is 0.415. The largest absolute Gasteiger partial charge is 0.465 e. The molecule has 3 heterocycles. The van der Waals surface area contributed by atoms with E-state index < -0.39 is 5.97 Å². The molecule has 1 fully saturated rings. The lowest BCUT2D eigenvalue weighted by atomic mass is 9.98. The summed E-state index contributed by atoms with van der Waals surface area (Å²) < 4.78 is 6.95. The zero-order valence-electron chi connectivity index (χ0n) is 20.0. The molecule has 0 radical (unpaired) electrons. The standard InChI is InChI=1S/C28H28N4O3/c1-30-13-15-31(16-14-30)24(33)19-32-26(21-11-7-4-8-12-21)25(20-9-5-3-6-10-20)23-17-22(28(34)35-2)18-29-27(23)32/h3-12,17-18H,13-16,19H2,1-2H3. The van der Waals surface area contributed by atoms with Gasteiger partial charge in [-0.15, -0.1) is 0 Å². The van der Waals surface area contributed by atoms with Gasteiger partial charge in [0.25, 0.3) is 0 Å². The predicted octanol–water partition coefficient (Wildman–Crippen LogP) is 3.93. The fraction of sp³-hybridized carbons (Fsp3) is 0.250. The Balaban J connectivity index is 1.73. The molecule has 0 spiro atoms. The molecule has 35 heavy (non-hydrogen) atoms. The molecule has 0 aliphatic carbocycles. The smallest absolute Gasteiger partial charge is 0.339 e. The molecule has 1 aliphatic rings. The molecular formula is C28H28N4O3. The van der Waals surface area contributed by atoms with Crippen molar-refractivity contribution in [2.24, 2.45) is 0 Å². The second-order valence-electron chi connectivity index (χ2n) is 8.81. The van der Waals surface area contributed by atoms with Crippen molar-refractivity contribution in [1.29, 1.82) is 0 Å². The number of methoxy groups -OCH3 is 1. The van der Waals surface area contributed by atoms with Crippen LogP contribution < -0.4 is 0 Å². The van der Waals surface area contributed by atoms with Crippen LogP contribution in [0.1, 0.15) is 10.4 Å². The molecule has 5 rings (SSSR count). The summed E-state index contributed by atoms with van der Waals surface area (Å²) in [6, 6.07) is 21.9. The van der Waals surface area contributed by atoms with Gasteiger partial charge in [0.2, 0.25) is 5.91 Å². The van der Waals surface area contributed by atoms with Gasteiger partial charge in [0.1, 0.15) is 12.2 Å². The lowest BCUT2D eigenvalue weighted by Crippen LogP contribution is -2.48. The molecule has 2 aromatic carbocycles. The molecule has 0 N–H and O–H groups in total. The van der Waals surface area contributed by atoms with E-state index in [4.69, 9.17) is 4.74 Å². The van der Waals surface area contributed by atoms with Gasteiger partial charge in [-0.3, -0.25) is 4.79 Å². The van der Waals surface area contributed by atoms with Crippen molar-refractivity contribution in [3.05, 3.63) is 78.5 Å². The van der Waals surface area contributed by atoms with Gasteiger partial charge in [-0.2, -0.15) is 0 Å². The predicted molar refractivity (Wildman–Crippen MR) is 136 cm³/mol. The van der Waals surface area contributed by atoms with Crippen molar-refractivity contribution < 1.29 is 14.3 Å². The van der Waals surface area contributed by atoms with Gasteiger partial charge in [0.15, 0.2) is 0 Å². The minimum absolute atomic E-state index is 0.0608. The van der Waals surface area contributed by atoms with E-state index in [2.05, 4.69) is 16.9 Å². The van der Waals surface area contributed by atoms with E-state index in [1.165, 1.54) is 13.3 Å². The first-order valence-electron chi connectivity index (χ1n) is 11.7. The average Bonchev–Trinajstić information content (AvgIpc) is 3.22. The van der Waals surface area contributed by atoms with E-state index in [1.807, 2.05) is 76.2 Å². The third kappa shape index (κ3) is 4.42. The number of amides is 1. The van der Waals surface area contributed by atoms with Crippen molar-refractivity contribution in [3.8, 4) is 22.4 Å². The minimum Gasteiger partial charge on any atom is -0.465 e. The Morgan fingerprint density at radius 2 is 1.54 bits per heavy atom. The Morgan fingerprint density at radius 1 is 0.914 bits per heavy atom. The number of esters is 1. The summed E-state index contributed by atoms with van der Waals surface area (Å²) in [7, 11) is 3.43. The van der Waals surface area contributed by atoms with E-state index in [9.17, 15) is 9.59 Å². The molecule has 2 aromatic heterocycles. The zero-order chi connectivity index (χ0) is 24.4. The SMILES string of the molecule is COC(=O)c1cnc2c(c1)c(-c1ccccc1)c(-c1ccccc1)n2CC(=O)N1CCN(C)CC1. The molecule has 0 atom stereocenters.